The number of nitrogens with one attached hydrogen (secondary N) is 1. The molecule has 0 saturated carbocycles. The van der Waals surface area contributed by atoms with Gasteiger partial charge in [-0.3, -0.25) is 4.79 Å². The van der Waals surface area contributed by atoms with Crippen molar-refractivity contribution in [3.8, 4) is 22.3 Å². The van der Waals surface area contributed by atoms with Gasteiger partial charge in [-0.05, 0) is 35.9 Å². The Labute approximate surface area is 154 Å². The second kappa shape index (κ2) is 6.53. The third kappa shape index (κ3) is 3.35. The van der Waals surface area contributed by atoms with Gasteiger partial charge in [-0.1, -0.05) is 12.1 Å². The SMILES string of the molecule is CC(=O)Nc1cn2cc(-c3cnc(N)c(-c4cccc(F)c4)c3)ccc2n1. The van der Waals surface area contributed by atoms with E-state index in [9.17, 15) is 9.18 Å². The van der Waals surface area contributed by atoms with Crippen LogP contribution in [0.15, 0.2) is 61.1 Å². The number of nitrogen functional groups attached to an aromatic ring is 1. The average Bonchev–Trinajstić information content (AvgIpc) is 3.02. The van der Waals surface area contributed by atoms with Gasteiger partial charge >= 0.3 is 0 Å². The highest BCUT2D eigenvalue weighted by atomic mass is 19.1. The summed E-state index contributed by atoms with van der Waals surface area (Å²) in [4.78, 5) is 19.8. The van der Waals surface area contributed by atoms with E-state index in [4.69, 9.17) is 5.73 Å². The zero-order chi connectivity index (χ0) is 19.0. The molecule has 0 spiro atoms. The Morgan fingerprint density at radius 2 is 1.96 bits per heavy atom. The van der Waals surface area contributed by atoms with Crippen molar-refractivity contribution in [1.29, 1.82) is 0 Å². The van der Waals surface area contributed by atoms with Gasteiger partial charge in [0.05, 0.1) is 6.20 Å². The van der Waals surface area contributed by atoms with Crippen LogP contribution in [-0.4, -0.2) is 20.3 Å². The van der Waals surface area contributed by atoms with Gasteiger partial charge in [0.2, 0.25) is 5.91 Å². The van der Waals surface area contributed by atoms with Gasteiger partial charge in [-0.15, -0.1) is 0 Å². The van der Waals surface area contributed by atoms with Crippen molar-refractivity contribution >= 4 is 23.2 Å². The molecule has 0 bridgehead atoms. The van der Waals surface area contributed by atoms with E-state index >= 15 is 0 Å². The van der Waals surface area contributed by atoms with E-state index in [-0.39, 0.29) is 11.7 Å². The molecule has 0 fully saturated rings. The number of benzene rings is 1. The minimum atomic E-state index is -0.331. The summed E-state index contributed by atoms with van der Waals surface area (Å²) in [5.74, 6) is 0.306. The molecule has 1 aromatic carbocycles. The predicted molar refractivity (Wildman–Crippen MR) is 103 cm³/mol. The van der Waals surface area contributed by atoms with Crippen molar-refractivity contribution < 1.29 is 9.18 Å². The molecule has 0 radical (unpaired) electrons. The topological polar surface area (TPSA) is 85.3 Å². The molecule has 1 amide bonds. The second-order valence-corrected chi connectivity index (χ2v) is 6.16. The molecule has 6 nitrogen and oxygen atoms in total. The molecule has 0 atom stereocenters. The minimum absolute atomic E-state index is 0.180. The van der Waals surface area contributed by atoms with E-state index in [1.807, 2.05) is 28.8 Å². The average molecular weight is 361 g/mol. The summed E-state index contributed by atoms with van der Waals surface area (Å²) in [6.07, 6.45) is 5.29. The standard InChI is InChI=1S/C20H16FN5O/c1-12(27)24-18-11-26-10-14(5-6-19(26)25-18)15-8-17(20(22)23-9-15)13-3-2-4-16(21)7-13/h2-11H,1H3,(H2,22,23)(H,24,27). The largest absolute Gasteiger partial charge is 0.383 e. The monoisotopic (exact) mass is 361 g/mol. The van der Waals surface area contributed by atoms with Gasteiger partial charge in [0, 0.05) is 36.0 Å². The van der Waals surface area contributed by atoms with Crippen LogP contribution in [0.25, 0.3) is 27.9 Å². The molecule has 134 valence electrons. The number of nitrogens with two attached hydrogens (primary N) is 1. The van der Waals surface area contributed by atoms with E-state index in [0.717, 1.165) is 11.1 Å². The van der Waals surface area contributed by atoms with Crippen molar-refractivity contribution in [2.75, 3.05) is 11.1 Å². The smallest absolute Gasteiger partial charge is 0.222 e. The van der Waals surface area contributed by atoms with Crippen LogP contribution in [0.1, 0.15) is 6.92 Å². The third-order valence-electron chi connectivity index (χ3n) is 4.14. The lowest BCUT2D eigenvalue weighted by atomic mass is 10.0. The van der Waals surface area contributed by atoms with Gasteiger partial charge in [0.15, 0.2) is 5.82 Å². The molecule has 0 aliphatic heterocycles. The van der Waals surface area contributed by atoms with E-state index in [1.54, 1.807) is 24.5 Å². The Hall–Kier alpha value is -3.74. The number of pyridine rings is 2. The summed E-state index contributed by atoms with van der Waals surface area (Å²) >= 11 is 0. The van der Waals surface area contributed by atoms with Crippen molar-refractivity contribution in [1.82, 2.24) is 14.4 Å². The van der Waals surface area contributed by atoms with E-state index in [2.05, 4.69) is 15.3 Å². The fourth-order valence-electron chi connectivity index (χ4n) is 2.92. The zero-order valence-corrected chi connectivity index (χ0v) is 14.5. The highest BCUT2D eigenvalue weighted by Crippen LogP contribution is 2.30. The first kappa shape index (κ1) is 16.7. The maximum absolute atomic E-state index is 13.6. The number of halogens is 1. The van der Waals surface area contributed by atoms with Gasteiger partial charge in [-0.2, -0.15) is 0 Å². The molecular weight excluding hydrogens is 345 g/mol. The van der Waals surface area contributed by atoms with E-state index < -0.39 is 0 Å². The fourth-order valence-corrected chi connectivity index (χ4v) is 2.92. The Bertz CT molecular complexity index is 1170. The number of hydrogen-bond acceptors (Lipinski definition) is 4. The molecule has 27 heavy (non-hydrogen) atoms. The first-order valence-electron chi connectivity index (χ1n) is 8.28. The van der Waals surface area contributed by atoms with Crippen LogP contribution < -0.4 is 11.1 Å². The lowest BCUT2D eigenvalue weighted by molar-refractivity contribution is -0.114. The first-order valence-corrected chi connectivity index (χ1v) is 8.28. The summed E-state index contributed by atoms with van der Waals surface area (Å²) in [6, 6.07) is 11.9. The van der Waals surface area contributed by atoms with Gasteiger partial charge in [0.1, 0.15) is 17.3 Å². The maximum atomic E-state index is 13.6. The molecule has 3 heterocycles. The Morgan fingerprint density at radius 3 is 2.74 bits per heavy atom. The van der Waals surface area contributed by atoms with Crippen LogP contribution in [0.5, 0.6) is 0 Å². The predicted octanol–water partition coefficient (Wildman–Crippen LogP) is 3.74. The maximum Gasteiger partial charge on any atom is 0.222 e. The Morgan fingerprint density at radius 1 is 1.11 bits per heavy atom. The molecule has 0 aliphatic rings. The van der Waals surface area contributed by atoms with Crippen LogP contribution in [0.3, 0.4) is 0 Å². The van der Waals surface area contributed by atoms with Crippen LogP contribution in [-0.2, 0) is 4.79 Å². The quantitative estimate of drug-likeness (QED) is 0.582. The summed E-state index contributed by atoms with van der Waals surface area (Å²) in [7, 11) is 0. The zero-order valence-electron chi connectivity index (χ0n) is 14.5. The summed E-state index contributed by atoms with van der Waals surface area (Å²) < 4.78 is 15.4. The molecule has 3 aromatic heterocycles. The molecule has 0 aliphatic carbocycles. The number of rotatable bonds is 3. The number of hydrogen-bond donors (Lipinski definition) is 2. The van der Waals surface area contributed by atoms with Crippen molar-refractivity contribution in [3.05, 3.63) is 66.9 Å². The normalized spacial score (nSPS) is 10.9. The Balaban J connectivity index is 1.77. The summed E-state index contributed by atoms with van der Waals surface area (Å²) in [5.41, 5.74) is 9.76. The molecular formula is C20H16FN5O. The van der Waals surface area contributed by atoms with Crippen LogP contribution in [0.4, 0.5) is 16.0 Å². The van der Waals surface area contributed by atoms with Gasteiger partial charge in [0.25, 0.3) is 0 Å². The molecule has 4 aromatic rings. The molecule has 4 rings (SSSR count). The van der Waals surface area contributed by atoms with Crippen LogP contribution in [0.2, 0.25) is 0 Å². The number of carbonyl (C=O) groups excluding carboxylic acids is 1. The van der Waals surface area contributed by atoms with E-state index in [1.165, 1.54) is 19.1 Å². The summed E-state index contributed by atoms with van der Waals surface area (Å²) in [6.45, 7) is 1.43. The van der Waals surface area contributed by atoms with Crippen LogP contribution in [0, 0.1) is 5.82 Å². The third-order valence-corrected chi connectivity index (χ3v) is 4.14. The number of fused-ring (bicyclic) bond motifs is 1. The minimum Gasteiger partial charge on any atom is -0.383 e. The van der Waals surface area contributed by atoms with E-state index in [0.29, 0.717) is 28.4 Å². The fraction of sp³-hybridized carbons (Fsp3) is 0.0500. The summed E-state index contributed by atoms with van der Waals surface area (Å²) in [5, 5.41) is 2.66. The molecule has 0 unspecified atom stereocenters. The number of nitrogens with zero attached hydrogens (tertiary/aromatic N) is 3. The highest BCUT2D eigenvalue weighted by molar-refractivity contribution is 5.88. The number of aromatic nitrogens is 3. The van der Waals surface area contributed by atoms with Crippen molar-refractivity contribution in [2.24, 2.45) is 0 Å². The van der Waals surface area contributed by atoms with Gasteiger partial charge < -0.3 is 15.5 Å². The molecule has 0 saturated heterocycles. The number of anilines is 2. The van der Waals surface area contributed by atoms with Crippen LogP contribution >= 0.6 is 0 Å². The van der Waals surface area contributed by atoms with Crippen molar-refractivity contribution in [3.63, 3.8) is 0 Å². The van der Waals surface area contributed by atoms with Crippen molar-refractivity contribution in [2.45, 2.75) is 6.92 Å². The highest BCUT2D eigenvalue weighted by Gasteiger charge is 2.10. The lowest BCUT2D eigenvalue weighted by Crippen LogP contribution is -2.05. The Kier molecular flexibility index (Phi) is 4.04. The van der Waals surface area contributed by atoms with Gasteiger partial charge in [-0.25, -0.2) is 14.4 Å². The number of imidazole rings is 1. The lowest BCUT2D eigenvalue weighted by Gasteiger charge is -2.09. The molecule has 7 heteroatoms. The second-order valence-electron chi connectivity index (χ2n) is 6.16. The number of amides is 1. The first-order chi connectivity index (χ1) is 13.0. The number of carbonyl (C=O) groups is 1. The molecule has 3 N–H and O–H groups in total.